The van der Waals surface area contributed by atoms with Crippen LogP contribution < -0.4 is 0 Å². The van der Waals surface area contributed by atoms with Gasteiger partial charge in [-0.15, -0.1) is 0 Å². The van der Waals surface area contributed by atoms with Crippen molar-refractivity contribution in [3.8, 4) is 0 Å². The van der Waals surface area contributed by atoms with Crippen molar-refractivity contribution in [1.82, 2.24) is 9.88 Å². The van der Waals surface area contributed by atoms with Gasteiger partial charge in [-0.3, -0.25) is 9.88 Å². The van der Waals surface area contributed by atoms with Gasteiger partial charge in [0, 0.05) is 12.2 Å². The van der Waals surface area contributed by atoms with Crippen LogP contribution in [0.2, 0.25) is 0 Å². The number of aromatic nitrogens is 1. The Hall–Kier alpha value is -1.72. The molecule has 0 amide bonds. The lowest BCUT2D eigenvalue weighted by Gasteiger charge is -2.31. The highest BCUT2D eigenvalue weighted by atomic mass is 32.2. The predicted octanol–water partition coefficient (Wildman–Crippen LogP) is 3.14. The normalized spacial score (nSPS) is 17.1. The van der Waals surface area contributed by atoms with Gasteiger partial charge < -0.3 is 0 Å². The predicted molar refractivity (Wildman–Crippen MR) is 95.6 cm³/mol. The minimum Gasteiger partial charge on any atom is -0.297 e. The van der Waals surface area contributed by atoms with Crippen LogP contribution in [-0.2, 0) is 16.4 Å². The van der Waals surface area contributed by atoms with Gasteiger partial charge in [-0.25, -0.2) is 8.42 Å². The molecule has 0 atom stereocenters. The van der Waals surface area contributed by atoms with Gasteiger partial charge in [0.2, 0.25) is 0 Å². The molecule has 0 radical (unpaired) electrons. The Morgan fingerprint density at radius 2 is 1.71 bits per heavy atom. The van der Waals surface area contributed by atoms with Crippen LogP contribution in [0.5, 0.6) is 0 Å². The second kappa shape index (κ2) is 7.03. The molecule has 1 aliphatic heterocycles. The summed E-state index contributed by atoms with van der Waals surface area (Å²) in [6.07, 6.45) is 1.37. The van der Waals surface area contributed by atoms with E-state index in [2.05, 4.69) is 9.88 Å². The Bertz CT molecular complexity index is 792. The summed E-state index contributed by atoms with van der Waals surface area (Å²) in [6.45, 7) is 6.34. The number of nitrogens with zero attached hydrogens (tertiary/aromatic N) is 2. The quantitative estimate of drug-likeness (QED) is 0.855. The van der Waals surface area contributed by atoms with Crippen molar-refractivity contribution in [1.29, 1.82) is 0 Å². The number of sulfone groups is 1. The van der Waals surface area contributed by atoms with E-state index in [9.17, 15) is 8.42 Å². The Kier molecular flexibility index (Phi) is 5.01. The lowest BCUT2D eigenvalue weighted by Crippen LogP contribution is -2.39. The number of rotatable bonds is 4. The van der Waals surface area contributed by atoms with Gasteiger partial charge in [-0.05, 0) is 64.0 Å². The van der Waals surface area contributed by atoms with E-state index in [0.717, 1.165) is 36.6 Å². The van der Waals surface area contributed by atoms with E-state index >= 15 is 0 Å². The van der Waals surface area contributed by atoms with Gasteiger partial charge in [0.1, 0.15) is 0 Å². The van der Waals surface area contributed by atoms with Crippen LogP contribution in [0.15, 0.2) is 47.4 Å². The molecule has 1 fully saturated rings. The largest absolute Gasteiger partial charge is 0.297 e. The zero-order valence-electron chi connectivity index (χ0n) is 14.3. The molecule has 0 unspecified atom stereocenters. The third-order valence-electron chi connectivity index (χ3n) is 4.65. The van der Waals surface area contributed by atoms with Crippen molar-refractivity contribution in [3.63, 3.8) is 0 Å². The SMILES string of the molecule is Cc1ccc(S(=O)(=O)C2CCN(Cc3cccc(C)n3)CC2)cc1. The molecule has 24 heavy (non-hydrogen) atoms. The second-order valence-electron chi connectivity index (χ2n) is 6.60. The van der Waals surface area contributed by atoms with Crippen LogP contribution in [0, 0.1) is 13.8 Å². The molecule has 2 aromatic rings. The van der Waals surface area contributed by atoms with E-state index in [1.165, 1.54) is 0 Å². The summed E-state index contributed by atoms with van der Waals surface area (Å²) >= 11 is 0. The summed E-state index contributed by atoms with van der Waals surface area (Å²) in [6, 6.07) is 13.2. The maximum absolute atomic E-state index is 12.8. The van der Waals surface area contributed by atoms with Gasteiger partial charge in [0.05, 0.1) is 15.8 Å². The first-order valence-corrected chi connectivity index (χ1v) is 9.95. The van der Waals surface area contributed by atoms with Gasteiger partial charge in [-0.2, -0.15) is 0 Å². The molecule has 2 heterocycles. The summed E-state index contributed by atoms with van der Waals surface area (Å²) in [5.74, 6) is 0. The number of benzene rings is 1. The zero-order valence-corrected chi connectivity index (χ0v) is 15.1. The zero-order chi connectivity index (χ0) is 17.2. The van der Waals surface area contributed by atoms with Crippen molar-refractivity contribution < 1.29 is 8.42 Å². The fourth-order valence-electron chi connectivity index (χ4n) is 3.21. The van der Waals surface area contributed by atoms with Crippen LogP contribution in [0.3, 0.4) is 0 Å². The van der Waals surface area contributed by atoms with Crippen LogP contribution in [-0.4, -0.2) is 36.6 Å². The van der Waals surface area contributed by atoms with Crippen molar-refractivity contribution >= 4 is 9.84 Å². The highest BCUT2D eigenvalue weighted by Gasteiger charge is 2.31. The lowest BCUT2D eigenvalue weighted by molar-refractivity contribution is 0.219. The first-order chi connectivity index (χ1) is 11.4. The molecule has 0 saturated carbocycles. The van der Waals surface area contributed by atoms with Crippen molar-refractivity contribution in [2.45, 2.75) is 43.4 Å². The fraction of sp³-hybridized carbons (Fsp3) is 0.421. The maximum Gasteiger partial charge on any atom is 0.181 e. The first kappa shape index (κ1) is 17.1. The Balaban J connectivity index is 1.63. The fourth-order valence-corrected chi connectivity index (χ4v) is 4.95. The maximum atomic E-state index is 12.8. The summed E-state index contributed by atoms with van der Waals surface area (Å²) in [5.41, 5.74) is 3.15. The molecule has 5 heteroatoms. The standard InChI is InChI=1S/C19H24N2O2S/c1-15-6-8-18(9-7-15)24(22,23)19-10-12-21(13-11-19)14-17-5-3-4-16(2)20-17/h3-9,19H,10-14H2,1-2H3. The topological polar surface area (TPSA) is 50.3 Å². The van der Waals surface area contributed by atoms with Crippen LogP contribution in [0.25, 0.3) is 0 Å². The molecule has 1 saturated heterocycles. The number of pyridine rings is 1. The van der Waals surface area contributed by atoms with E-state index in [1.54, 1.807) is 12.1 Å². The van der Waals surface area contributed by atoms with E-state index in [1.807, 2.05) is 44.2 Å². The number of aryl methyl sites for hydroxylation is 2. The molecular weight excluding hydrogens is 320 g/mol. The highest BCUT2D eigenvalue weighted by Crippen LogP contribution is 2.25. The van der Waals surface area contributed by atoms with Gasteiger partial charge >= 0.3 is 0 Å². The number of hydrogen-bond acceptors (Lipinski definition) is 4. The Morgan fingerprint density at radius 1 is 1.04 bits per heavy atom. The molecule has 1 aromatic carbocycles. The molecule has 0 aliphatic carbocycles. The number of piperidine rings is 1. The minimum absolute atomic E-state index is 0.276. The molecule has 4 nitrogen and oxygen atoms in total. The molecular formula is C19H24N2O2S. The second-order valence-corrected chi connectivity index (χ2v) is 8.83. The van der Waals surface area contributed by atoms with Crippen molar-refractivity contribution in [2.75, 3.05) is 13.1 Å². The smallest absolute Gasteiger partial charge is 0.181 e. The van der Waals surface area contributed by atoms with E-state index in [-0.39, 0.29) is 5.25 Å². The first-order valence-electron chi connectivity index (χ1n) is 8.40. The molecule has 3 rings (SSSR count). The Labute approximate surface area is 144 Å². The van der Waals surface area contributed by atoms with Crippen LogP contribution in [0.1, 0.15) is 29.8 Å². The van der Waals surface area contributed by atoms with Crippen molar-refractivity contribution in [2.24, 2.45) is 0 Å². The highest BCUT2D eigenvalue weighted by molar-refractivity contribution is 7.92. The molecule has 128 valence electrons. The molecule has 1 aromatic heterocycles. The molecule has 0 N–H and O–H groups in total. The molecule has 0 spiro atoms. The molecule has 0 bridgehead atoms. The number of likely N-dealkylation sites (tertiary alicyclic amines) is 1. The summed E-state index contributed by atoms with van der Waals surface area (Å²) < 4.78 is 25.6. The third kappa shape index (κ3) is 3.84. The number of hydrogen-bond donors (Lipinski definition) is 0. The van der Waals surface area contributed by atoms with E-state index in [4.69, 9.17) is 0 Å². The van der Waals surface area contributed by atoms with E-state index < -0.39 is 9.84 Å². The average molecular weight is 344 g/mol. The summed E-state index contributed by atoms with van der Waals surface area (Å²) in [7, 11) is -3.22. The van der Waals surface area contributed by atoms with Crippen LogP contribution >= 0.6 is 0 Å². The lowest BCUT2D eigenvalue weighted by atomic mass is 10.1. The van der Waals surface area contributed by atoms with Gasteiger partial charge in [0.25, 0.3) is 0 Å². The summed E-state index contributed by atoms with van der Waals surface area (Å²) in [4.78, 5) is 7.28. The minimum atomic E-state index is -3.22. The summed E-state index contributed by atoms with van der Waals surface area (Å²) in [5, 5.41) is -0.276. The monoisotopic (exact) mass is 344 g/mol. The van der Waals surface area contributed by atoms with Crippen LogP contribution in [0.4, 0.5) is 0 Å². The third-order valence-corrected chi connectivity index (χ3v) is 6.93. The van der Waals surface area contributed by atoms with Crippen molar-refractivity contribution in [3.05, 3.63) is 59.4 Å². The van der Waals surface area contributed by atoms with Gasteiger partial charge in [0.15, 0.2) is 9.84 Å². The molecule has 1 aliphatic rings. The Morgan fingerprint density at radius 3 is 2.33 bits per heavy atom. The average Bonchev–Trinajstić information content (AvgIpc) is 2.56. The van der Waals surface area contributed by atoms with E-state index in [0.29, 0.717) is 17.7 Å². The van der Waals surface area contributed by atoms with Gasteiger partial charge in [-0.1, -0.05) is 23.8 Å².